The first-order valence-electron chi connectivity index (χ1n) is 20.4. The van der Waals surface area contributed by atoms with E-state index in [1.54, 1.807) is 0 Å². The van der Waals surface area contributed by atoms with Crippen molar-refractivity contribution in [3.05, 3.63) is 218 Å². The molecule has 0 saturated heterocycles. The van der Waals surface area contributed by atoms with Crippen LogP contribution in [0.15, 0.2) is 217 Å². The van der Waals surface area contributed by atoms with E-state index in [4.69, 9.17) is 4.42 Å². The van der Waals surface area contributed by atoms with Crippen LogP contribution in [0.3, 0.4) is 0 Å². The number of hydrogen-bond donors (Lipinski definition) is 0. The van der Waals surface area contributed by atoms with Gasteiger partial charge in [-0.15, -0.1) is 0 Å². The molecule has 11 aromatic carbocycles. The zero-order valence-electron chi connectivity index (χ0n) is 32.3. The molecule has 0 saturated carbocycles. The fraction of sp³-hybridized carbons (Fsp3) is 0.0175. The summed E-state index contributed by atoms with van der Waals surface area (Å²) in [6.45, 7) is 0.649. The molecule has 0 aliphatic rings. The Bertz CT molecular complexity index is 3600. The number of rotatable bonds is 6. The molecule has 0 unspecified atom stereocenters. The van der Waals surface area contributed by atoms with E-state index in [1.807, 2.05) is 0 Å². The average molecular weight is 752 g/mol. The Morgan fingerprint density at radius 2 is 0.864 bits per heavy atom. The van der Waals surface area contributed by atoms with Crippen LogP contribution >= 0.6 is 0 Å². The van der Waals surface area contributed by atoms with Crippen LogP contribution in [0.2, 0.25) is 0 Å². The van der Waals surface area contributed by atoms with Gasteiger partial charge in [0.1, 0.15) is 11.2 Å². The summed E-state index contributed by atoms with van der Waals surface area (Å²) in [6.07, 6.45) is 0. The van der Waals surface area contributed by atoms with Gasteiger partial charge in [0.15, 0.2) is 0 Å². The number of furan rings is 1. The summed E-state index contributed by atoms with van der Waals surface area (Å²) in [5.74, 6) is 0. The maximum Gasteiger partial charge on any atom is 0.143 e. The molecule has 0 radical (unpaired) electrons. The van der Waals surface area contributed by atoms with Crippen LogP contribution in [0.25, 0.3) is 98.1 Å². The minimum atomic E-state index is 0.649. The number of para-hydroxylation sites is 1. The average Bonchev–Trinajstić information content (AvgIpc) is 3.70. The molecule has 0 bridgehead atoms. The Morgan fingerprint density at radius 1 is 0.322 bits per heavy atom. The molecule has 0 fully saturated rings. The van der Waals surface area contributed by atoms with Gasteiger partial charge in [-0.1, -0.05) is 182 Å². The number of benzene rings is 11. The Morgan fingerprint density at radius 3 is 1.63 bits per heavy atom. The first kappa shape index (κ1) is 33.5. The molecule has 1 heterocycles. The van der Waals surface area contributed by atoms with E-state index in [1.165, 1.54) is 70.9 Å². The molecule has 2 heteroatoms. The van der Waals surface area contributed by atoms with E-state index < -0.39 is 0 Å². The topological polar surface area (TPSA) is 16.4 Å². The van der Waals surface area contributed by atoms with E-state index >= 15 is 0 Å². The van der Waals surface area contributed by atoms with E-state index in [0.717, 1.165) is 44.1 Å². The van der Waals surface area contributed by atoms with Crippen LogP contribution in [0.5, 0.6) is 0 Å². The molecule has 2 nitrogen and oxygen atoms in total. The third kappa shape index (κ3) is 5.41. The number of hydrogen-bond acceptors (Lipinski definition) is 2. The SMILES string of the molecule is c1ccc(-c2cccc3c2oc2c4ccccc4ccc32)c(CN(c2ccc(-c3cc4ccccc4c4ccccc34)cc2)c2cc3ccccc3c3ccccc23)c1. The largest absolute Gasteiger partial charge is 0.455 e. The molecule has 1 aromatic heterocycles. The summed E-state index contributed by atoms with van der Waals surface area (Å²) in [7, 11) is 0. The van der Waals surface area contributed by atoms with Crippen molar-refractivity contribution in [2.45, 2.75) is 6.54 Å². The van der Waals surface area contributed by atoms with Gasteiger partial charge in [-0.05, 0) is 95.7 Å². The first-order valence-corrected chi connectivity index (χ1v) is 20.4. The highest BCUT2D eigenvalue weighted by molar-refractivity contribution is 6.18. The van der Waals surface area contributed by atoms with Gasteiger partial charge in [0.05, 0.1) is 0 Å². The van der Waals surface area contributed by atoms with Crippen molar-refractivity contribution < 1.29 is 4.42 Å². The molecule has 0 atom stereocenters. The van der Waals surface area contributed by atoms with Crippen LogP contribution in [-0.2, 0) is 6.54 Å². The van der Waals surface area contributed by atoms with E-state index in [9.17, 15) is 0 Å². The summed E-state index contributed by atoms with van der Waals surface area (Å²) in [5, 5.41) is 14.6. The van der Waals surface area contributed by atoms with E-state index in [-0.39, 0.29) is 0 Å². The smallest absolute Gasteiger partial charge is 0.143 e. The molecule has 12 rings (SSSR count). The molecule has 0 aliphatic heterocycles. The monoisotopic (exact) mass is 751 g/mol. The van der Waals surface area contributed by atoms with Crippen LogP contribution < -0.4 is 4.90 Å². The predicted molar refractivity (Wildman–Crippen MR) is 251 cm³/mol. The Kier molecular flexibility index (Phi) is 7.64. The molecule has 0 amide bonds. The lowest BCUT2D eigenvalue weighted by atomic mass is 9.93. The third-order valence-corrected chi connectivity index (χ3v) is 12.3. The molecule has 0 aliphatic carbocycles. The van der Waals surface area contributed by atoms with Gasteiger partial charge >= 0.3 is 0 Å². The van der Waals surface area contributed by atoms with Gasteiger partial charge in [-0.25, -0.2) is 0 Å². The highest BCUT2D eigenvalue weighted by Crippen LogP contribution is 2.43. The zero-order valence-corrected chi connectivity index (χ0v) is 32.3. The normalized spacial score (nSPS) is 11.8. The molecule has 12 aromatic rings. The lowest BCUT2D eigenvalue weighted by Crippen LogP contribution is -2.17. The van der Waals surface area contributed by atoms with Gasteiger partial charge in [0, 0.05) is 45.0 Å². The quantitative estimate of drug-likeness (QED) is 0.157. The third-order valence-electron chi connectivity index (χ3n) is 12.3. The van der Waals surface area contributed by atoms with Gasteiger partial charge in [0.25, 0.3) is 0 Å². The van der Waals surface area contributed by atoms with Gasteiger partial charge < -0.3 is 9.32 Å². The maximum atomic E-state index is 6.89. The number of anilines is 2. The Labute approximate surface area is 341 Å². The molecule has 59 heavy (non-hydrogen) atoms. The maximum absolute atomic E-state index is 6.89. The second kappa shape index (κ2) is 13.5. The lowest BCUT2D eigenvalue weighted by molar-refractivity contribution is 0.673. The molecule has 276 valence electrons. The first-order chi connectivity index (χ1) is 29.3. The van der Waals surface area contributed by atoms with Crippen LogP contribution in [0, 0.1) is 0 Å². The summed E-state index contributed by atoms with van der Waals surface area (Å²) in [5.41, 5.74) is 10.1. The summed E-state index contributed by atoms with van der Waals surface area (Å²) in [4.78, 5) is 2.50. The summed E-state index contributed by atoms with van der Waals surface area (Å²) < 4.78 is 6.89. The molecular formula is C57H37NO. The van der Waals surface area contributed by atoms with E-state index in [2.05, 4.69) is 217 Å². The Balaban J connectivity index is 1.04. The van der Waals surface area contributed by atoms with Crippen molar-refractivity contribution >= 4 is 87.2 Å². The van der Waals surface area contributed by atoms with Crippen LogP contribution in [0.4, 0.5) is 11.4 Å². The minimum absolute atomic E-state index is 0.649. The second-order valence-electron chi connectivity index (χ2n) is 15.6. The van der Waals surface area contributed by atoms with Crippen molar-refractivity contribution in [1.82, 2.24) is 0 Å². The summed E-state index contributed by atoms with van der Waals surface area (Å²) >= 11 is 0. The van der Waals surface area contributed by atoms with Gasteiger partial charge in [0.2, 0.25) is 0 Å². The van der Waals surface area contributed by atoms with Gasteiger partial charge in [-0.2, -0.15) is 0 Å². The fourth-order valence-corrected chi connectivity index (χ4v) is 9.52. The Hall–Kier alpha value is -7.68. The lowest BCUT2D eigenvalue weighted by Gasteiger charge is -2.29. The van der Waals surface area contributed by atoms with Crippen molar-refractivity contribution in [3.8, 4) is 22.3 Å². The molecular weight excluding hydrogens is 715 g/mol. The van der Waals surface area contributed by atoms with Crippen molar-refractivity contribution in [1.29, 1.82) is 0 Å². The van der Waals surface area contributed by atoms with Crippen molar-refractivity contribution in [2.75, 3.05) is 4.90 Å². The van der Waals surface area contributed by atoms with Crippen LogP contribution in [-0.4, -0.2) is 0 Å². The zero-order chi connectivity index (χ0) is 38.9. The molecule has 0 N–H and O–H groups in total. The number of fused-ring (bicyclic) bond motifs is 11. The predicted octanol–water partition coefficient (Wildman–Crippen LogP) is 16.0. The highest BCUT2D eigenvalue weighted by Gasteiger charge is 2.21. The van der Waals surface area contributed by atoms with Crippen LogP contribution in [0.1, 0.15) is 5.56 Å². The highest BCUT2D eigenvalue weighted by atomic mass is 16.3. The van der Waals surface area contributed by atoms with E-state index in [0.29, 0.717) is 6.54 Å². The van der Waals surface area contributed by atoms with Gasteiger partial charge in [-0.3, -0.25) is 0 Å². The fourth-order valence-electron chi connectivity index (χ4n) is 9.52. The van der Waals surface area contributed by atoms with Crippen molar-refractivity contribution in [3.63, 3.8) is 0 Å². The molecule has 0 spiro atoms. The second-order valence-corrected chi connectivity index (χ2v) is 15.6. The standard InChI is InChI=1S/C57H37NO/c1-8-21-46-37(14-1)30-33-53-52-27-13-26-51(57(52)59-56(46)53)45-20-7-4-17-41(45)36-58(55-35-40-16-3-6-19-44(40)48-23-11-12-25-50(48)55)42-31-28-38(29-32-42)54-34-39-15-2-5-18-43(39)47-22-9-10-24-49(47)54/h1-35H,36H2. The summed E-state index contributed by atoms with van der Waals surface area (Å²) in [6, 6.07) is 77.3. The van der Waals surface area contributed by atoms with Crippen molar-refractivity contribution in [2.24, 2.45) is 0 Å². The minimum Gasteiger partial charge on any atom is -0.455 e. The number of nitrogens with zero attached hydrogens (tertiary/aromatic N) is 1.